The maximum Gasteiger partial charge on any atom is 0.472 e. The molecule has 0 aromatic heterocycles. The summed E-state index contributed by atoms with van der Waals surface area (Å²) in [5, 5.41) is 28.4. The fraction of sp³-hybridized carbons (Fsp3) is 0.765. The highest BCUT2D eigenvalue weighted by atomic mass is 31.2. The van der Waals surface area contributed by atoms with Gasteiger partial charge in [0.2, 0.25) is 0 Å². The van der Waals surface area contributed by atoms with Crippen molar-refractivity contribution in [3.8, 4) is 0 Å². The minimum absolute atomic E-state index is 0.0730. The van der Waals surface area contributed by atoms with Crippen molar-refractivity contribution in [2.75, 3.05) is 26.4 Å². The van der Waals surface area contributed by atoms with Gasteiger partial charge in [0.15, 0.2) is 6.10 Å². The molecule has 4 N–H and O–H groups in total. The number of carbonyl (C=O) groups excluding carboxylic acids is 2. The van der Waals surface area contributed by atoms with Gasteiger partial charge in [0.05, 0.1) is 25.9 Å². The Morgan fingerprint density at radius 1 is 0.603 bits per heavy atom. The maximum atomic E-state index is 12.6. The summed E-state index contributed by atoms with van der Waals surface area (Å²) in [6.45, 7) is 4.51. The second-order valence-corrected chi connectivity index (χ2v) is 18.4. The Balaban J connectivity index is 4.30. The van der Waals surface area contributed by atoms with Gasteiger partial charge in [0, 0.05) is 12.8 Å². The first kappa shape index (κ1) is 60.6. The molecule has 0 radical (unpaired) electrons. The average molecular weight is 911 g/mol. The normalized spacial score (nSPS) is 15.2. The average Bonchev–Trinajstić information content (AvgIpc) is 3.27. The number of allylic oxidation sites excluding steroid dienone is 8. The standard InChI is InChI=1S/C51H91O11P/c1-4-6-7-8-28-33-38-47(53)39-34-29-24-21-22-26-31-36-41-51(56)62-49(45-61-63(57,58)60-43-48(54)42-52)44-59-50(55)40-35-30-25-20-18-16-14-12-10-9-11-13-15-17-19-23-27-32-37-46(3)5-2/h6-7,22,24,26,28-29,33-34,39,46-49,52-54H,4-5,8-21,23,25,27,30-32,35-38,40-45H2,1-3H3,(H,57,58)/b7-6-,26-22-,29-24-,33-28-,39-34+/t46?,47?,48-,49+/m0/s1. The van der Waals surface area contributed by atoms with E-state index in [2.05, 4.69) is 37.4 Å². The van der Waals surface area contributed by atoms with E-state index < -0.39 is 57.9 Å². The summed E-state index contributed by atoms with van der Waals surface area (Å²) < 4.78 is 32.7. The summed E-state index contributed by atoms with van der Waals surface area (Å²) in [5.41, 5.74) is 0. The van der Waals surface area contributed by atoms with Crippen LogP contribution in [0.5, 0.6) is 0 Å². The molecular formula is C51H91O11P. The van der Waals surface area contributed by atoms with Crippen LogP contribution in [0.1, 0.15) is 201 Å². The summed E-state index contributed by atoms with van der Waals surface area (Å²) in [5.74, 6) is -0.140. The van der Waals surface area contributed by atoms with E-state index in [1.807, 2.05) is 42.5 Å². The molecule has 0 aliphatic heterocycles. The first-order chi connectivity index (χ1) is 30.5. The van der Waals surface area contributed by atoms with Crippen LogP contribution in [-0.2, 0) is 32.7 Å². The number of phosphoric acid groups is 1. The molecule has 0 spiro atoms. The lowest BCUT2D eigenvalue weighted by Crippen LogP contribution is -2.29. The molecule has 0 fully saturated rings. The van der Waals surface area contributed by atoms with Crippen molar-refractivity contribution in [1.29, 1.82) is 0 Å². The molecule has 0 saturated heterocycles. The monoisotopic (exact) mass is 911 g/mol. The fourth-order valence-corrected chi connectivity index (χ4v) is 7.41. The molecule has 63 heavy (non-hydrogen) atoms. The lowest BCUT2D eigenvalue weighted by atomic mass is 9.99. The number of carbonyl (C=O) groups is 2. The van der Waals surface area contributed by atoms with E-state index in [1.165, 1.54) is 103 Å². The molecule has 11 nitrogen and oxygen atoms in total. The van der Waals surface area contributed by atoms with Crippen molar-refractivity contribution in [2.45, 2.75) is 219 Å². The minimum Gasteiger partial charge on any atom is -0.462 e. The Morgan fingerprint density at radius 3 is 1.71 bits per heavy atom. The van der Waals surface area contributed by atoms with Crippen LogP contribution in [-0.4, -0.2) is 76.9 Å². The van der Waals surface area contributed by atoms with Crippen molar-refractivity contribution in [3.05, 3.63) is 60.8 Å². The highest BCUT2D eigenvalue weighted by Crippen LogP contribution is 2.43. The third-order valence-corrected chi connectivity index (χ3v) is 11.8. The van der Waals surface area contributed by atoms with Crippen molar-refractivity contribution < 1.29 is 52.9 Å². The van der Waals surface area contributed by atoms with Crippen LogP contribution in [0.2, 0.25) is 0 Å². The molecule has 0 aromatic rings. The number of rotatable bonds is 45. The molecule has 0 aliphatic carbocycles. The minimum atomic E-state index is -4.65. The van der Waals surface area contributed by atoms with Crippen LogP contribution < -0.4 is 0 Å². The van der Waals surface area contributed by atoms with E-state index in [0.717, 1.165) is 38.0 Å². The van der Waals surface area contributed by atoms with Crippen LogP contribution in [0.3, 0.4) is 0 Å². The lowest BCUT2D eigenvalue weighted by molar-refractivity contribution is -0.161. The topological polar surface area (TPSA) is 169 Å². The maximum absolute atomic E-state index is 12.6. The van der Waals surface area contributed by atoms with Crippen molar-refractivity contribution in [3.63, 3.8) is 0 Å². The van der Waals surface area contributed by atoms with Crippen LogP contribution in [0, 0.1) is 5.92 Å². The van der Waals surface area contributed by atoms with Gasteiger partial charge in [-0.3, -0.25) is 18.6 Å². The Kier molecular flexibility index (Phi) is 43.1. The summed E-state index contributed by atoms with van der Waals surface area (Å²) in [4.78, 5) is 35.1. The van der Waals surface area contributed by atoms with Crippen LogP contribution in [0.4, 0.5) is 0 Å². The third-order valence-electron chi connectivity index (χ3n) is 10.8. The van der Waals surface area contributed by atoms with Crippen molar-refractivity contribution >= 4 is 19.8 Å². The molecule has 0 rings (SSSR count). The van der Waals surface area contributed by atoms with Gasteiger partial charge in [-0.05, 0) is 50.9 Å². The van der Waals surface area contributed by atoms with E-state index in [4.69, 9.17) is 19.1 Å². The molecule has 0 heterocycles. The van der Waals surface area contributed by atoms with Crippen molar-refractivity contribution in [2.24, 2.45) is 5.92 Å². The van der Waals surface area contributed by atoms with Crippen LogP contribution >= 0.6 is 7.82 Å². The molecule has 0 aromatic carbocycles. The number of esters is 2. The van der Waals surface area contributed by atoms with E-state index in [0.29, 0.717) is 32.1 Å². The molecule has 12 heteroatoms. The summed E-state index contributed by atoms with van der Waals surface area (Å²) in [6.07, 6.45) is 46.5. The molecular weight excluding hydrogens is 820 g/mol. The van der Waals surface area contributed by atoms with Gasteiger partial charge in [0.25, 0.3) is 0 Å². The van der Waals surface area contributed by atoms with Crippen molar-refractivity contribution in [1.82, 2.24) is 0 Å². The van der Waals surface area contributed by atoms with E-state index in [9.17, 15) is 29.3 Å². The molecule has 0 bridgehead atoms. The predicted molar refractivity (Wildman–Crippen MR) is 257 cm³/mol. The molecule has 3 unspecified atom stereocenters. The Bertz CT molecular complexity index is 1260. The van der Waals surface area contributed by atoms with Crippen LogP contribution in [0.15, 0.2) is 60.8 Å². The number of unbranched alkanes of at least 4 members (excludes halogenated alkanes) is 18. The summed E-state index contributed by atoms with van der Waals surface area (Å²) in [7, 11) is -4.65. The Labute approximate surface area is 383 Å². The SMILES string of the molecule is CC/C=C\C/C=C\CC(O)/C=C/C=C\C/C=C\CCCC(=O)O[C@H](COC(=O)CCCCCCCCCCCCCCCCCCCCC(C)CC)COP(=O)(O)OC[C@@H](O)CO. The zero-order valence-corrected chi connectivity index (χ0v) is 40.7. The van der Waals surface area contributed by atoms with Gasteiger partial charge in [-0.2, -0.15) is 0 Å². The van der Waals surface area contributed by atoms with Gasteiger partial charge in [-0.15, -0.1) is 0 Å². The highest BCUT2D eigenvalue weighted by molar-refractivity contribution is 7.47. The largest absolute Gasteiger partial charge is 0.472 e. The van der Waals surface area contributed by atoms with Gasteiger partial charge in [0.1, 0.15) is 12.7 Å². The van der Waals surface area contributed by atoms with E-state index in [1.54, 1.807) is 6.08 Å². The first-order valence-corrected chi connectivity index (χ1v) is 26.2. The fourth-order valence-electron chi connectivity index (χ4n) is 6.62. The van der Waals surface area contributed by atoms with Gasteiger partial charge >= 0.3 is 19.8 Å². The molecule has 0 aliphatic rings. The highest BCUT2D eigenvalue weighted by Gasteiger charge is 2.27. The zero-order chi connectivity index (χ0) is 46.5. The van der Waals surface area contributed by atoms with Gasteiger partial charge < -0.3 is 29.7 Å². The molecule has 366 valence electrons. The number of hydrogen-bond acceptors (Lipinski definition) is 10. The smallest absolute Gasteiger partial charge is 0.462 e. The third kappa shape index (κ3) is 44.6. The zero-order valence-electron chi connectivity index (χ0n) is 39.8. The number of aliphatic hydroxyl groups is 3. The quantitative estimate of drug-likeness (QED) is 0.0151. The predicted octanol–water partition coefficient (Wildman–Crippen LogP) is 12.7. The number of phosphoric ester groups is 1. The second kappa shape index (κ2) is 44.8. The van der Waals surface area contributed by atoms with Crippen LogP contribution in [0.25, 0.3) is 0 Å². The summed E-state index contributed by atoms with van der Waals surface area (Å²) >= 11 is 0. The number of ether oxygens (including phenoxy) is 2. The molecule has 0 amide bonds. The molecule has 0 saturated carbocycles. The van der Waals surface area contributed by atoms with E-state index in [-0.39, 0.29) is 19.4 Å². The van der Waals surface area contributed by atoms with Gasteiger partial charge in [-0.1, -0.05) is 204 Å². The Morgan fingerprint density at radius 2 is 1.13 bits per heavy atom. The second-order valence-electron chi connectivity index (χ2n) is 16.9. The number of hydrogen-bond donors (Lipinski definition) is 4. The molecule has 5 atom stereocenters. The van der Waals surface area contributed by atoms with Gasteiger partial charge in [-0.25, -0.2) is 4.57 Å². The van der Waals surface area contributed by atoms with E-state index >= 15 is 0 Å². The Hall–Kier alpha value is -2.37. The lowest BCUT2D eigenvalue weighted by Gasteiger charge is -2.20. The first-order valence-electron chi connectivity index (χ1n) is 24.7. The summed E-state index contributed by atoms with van der Waals surface area (Å²) in [6, 6.07) is 0. The number of aliphatic hydroxyl groups excluding tert-OH is 3.